The van der Waals surface area contributed by atoms with E-state index in [1.54, 1.807) is 12.3 Å². The summed E-state index contributed by atoms with van der Waals surface area (Å²) in [6.07, 6.45) is 1.58. The summed E-state index contributed by atoms with van der Waals surface area (Å²) in [5.74, 6) is -0.0963. The zero-order valence-electron chi connectivity index (χ0n) is 11.9. The van der Waals surface area contributed by atoms with Gasteiger partial charge < -0.3 is 19.9 Å². The maximum atomic E-state index is 10.5. The van der Waals surface area contributed by atoms with Crippen LogP contribution in [0.1, 0.15) is 20.8 Å². The Labute approximate surface area is 114 Å². The summed E-state index contributed by atoms with van der Waals surface area (Å²) in [6, 6.07) is 3.23. The number of likely N-dealkylation sites (N-methyl/N-ethyl adjacent to an activating group) is 1. The fourth-order valence-corrected chi connectivity index (χ4v) is 2.00. The number of anilines is 1. The molecule has 0 radical (unpaired) electrons. The largest absolute Gasteiger partial charge is 0.366 e. The molecule has 1 aliphatic heterocycles. The topological polar surface area (TPSA) is 62.5 Å². The number of rotatable bonds is 3. The predicted octanol–water partition coefficient (Wildman–Crippen LogP) is 2.16. The van der Waals surface area contributed by atoms with Crippen LogP contribution in [0.2, 0.25) is 0 Å². The number of aromatic nitrogens is 1. The van der Waals surface area contributed by atoms with Crippen molar-refractivity contribution in [1.29, 1.82) is 0 Å². The molecule has 0 aromatic carbocycles. The Morgan fingerprint density at radius 3 is 2.32 bits per heavy atom. The van der Waals surface area contributed by atoms with Crippen LogP contribution in [-0.2, 0) is 0 Å². The average Bonchev–Trinajstić information content (AvgIpc) is 2.49. The van der Waals surface area contributed by atoms with Gasteiger partial charge in [-0.25, -0.2) is 0 Å². The van der Waals surface area contributed by atoms with Gasteiger partial charge in [0, 0.05) is 32.2 Å². The molecule has 0 N–H and O–H groups in total. The van der Waals surface area contributed by atoms with Crippen LogP contribution >= 0.6 is 0 Å². The summed E-state index contributed by atoms with van der Waals surface area (Å²) in [4.78, 5) is 18.5. The lowest BCUT2D eigenvalue weighted by Gasteiger charge is -2.34. The van der Waals surface area contributed by atoms with Crippen molar-refractivity contribution in [3.63, 3.8) is 0 Å². The number of hydrogen-bond acceptors (Lipinski definition) is 5. The van der Waals surface area contributed by atoms with Crippen LogP contribution in [0.5, 0.6) is 0 Å². The molecule has 2 heterocycles. The third-order valence-electron chi connectivity index (χ3n) is 3.10. The van der Waals surface area contributed by atoms with Crippen LogP contribution in [-0.4, -0.2) is 47.5 Å². The van der Waals surface area contributed by atoms with Gasteiger partial charge in [0.2, 0.25) is 0 Å². The summed E-state index contributed by atoms with van der Waals surface area (Å²) >= 11 is 0. The fourth-order valence-electron chi connectivity index (χ4n) is 2.00. The number of nitro groups is 1. The first kappa shape index (κ1) is 15.4. The SMILES string of the molecule is CC.CCN1CCN(c2ccc([N+](=O)[O-])nc2)CC1. The van der Waals surface area contributed by atoms with E-state index in [2.05, 4.69) is 21.7 Å². The molecule has 0 amide bonds. The maximum absolute atomic E-state index is 10.5. The first-order valence-corrected chi connectivity index (χ1v) is 6.78. The van der Waals surface area contributed by atoms with Gasteiger partial charge in [-0.1, -0.05) is 20.8 Å². The third-order valence-corrected chi connectivity index (χ3v) is 3.10. The van der Waals surface area contributed by atoms with E-state index in [0.29, 0.717) is 0 Å². The lowest BCUT2D eigenvalue weighted by atomic mass is 10.3. The first-order valence-electron chi connectivity index (χ1n) is 6.78. The summed E-state index contributed by atoms with van der Waals surface area (Å²) in [5, 5.41) is 10.5. The molecule has 19 heavy (non-hydrogen) atoms. The molecule has 1 fully saturated rings. The van der Waals surface area contributed by atoms with Crippen molar-refractivity contribution in [2.24, 2.45) is 0 Å². The number of hydrogen-bond donors (Lipinski definition) is 0. The highest BCUT2D eigenvalue weighted by Crippen LogP contribution is 2.17. The van der Waals surface area contributed by atoms with Crippen molar-refractivity contribution in [2.75, 3.05) is 37.6 Å². The van der Waals surface area contributed by atoms with E-state index in [4.69, 9.17) is 0 Å². The van der Waals surface area contributed by atoms with Crippen LogP contribution in [0.3, 0.4) is 0 Å². The standard InChI is InChI=1S/C11H16N4O2.C2H6/c1-2-13-5-7-14(8-6-13)10-3-4-11(12-9-10)15(16)17;1-2/h3-4,9H,2,5-8H2,1H3;1-2H3. The minimum Gasteiger partial charge on any atom is -0.366 e. The highest BCUT2D eigenvalue weighted by Gasteiger charge is 2.17. The van der Waals surface area contributed by atoms with Crippen LogP contribution in [0, 0.1) is 10.1 Å². The molecule has 1 aromatic heterocycles. The molecule has 106 valence electrons. The Hall–Kier alpha value is -1.69. The third kappa shape index (κ3) is 4.17. The maximum Gasteiger partial charge on any atom is 0.363 e. The molecule has 0 bridgehead atoms. The van der Waals surface area contributed by atoms with E-state index in [1.807, 2.05) is 13.8 Å². The highest BCUT2D eigenvalue weighted by atomic mass is 16.6. The van der Waals surface area contributed by atoms with E-state index in [-0.39, 0.29) is 5.82 Å². The van der Waals surface area contributed by atoms with Gasteiger partial charge in [-0.2, -0.15) is 0 Å². The Morgan fingerprint density at radius 2 is 1.89 bits per heavy atom. The second kappa shape index (κ2) is 7.68. The molecule has 0 unspecified atom stereocenters. The van der Waals surface area contributed by atoms with Crippen LogP contribution in [0.4, 0.5) is 11.5 Å². The minimum absolute atomic E-state index is 0.0963. The molecule has 6 nitrogen and oxygen atoms in total. The quantitative estimate of drug-likeness (QED) is 0.619. The second-order valence-electron chi connectivity index (χ2n) is 4.05. The highest BCUT2D eigenvalue weighted by molar-refractivity contribution is 5.46. The van der Waals surface area contributed by atoms with Gasteiger partial charge in [0.05, 0.1) is 5.69 Å². The molecular weight excluding hydrogens is 244 g/mol. The van der Waals surface area contributed by atoms with Gasteiger partial charge in [-0.3, -0.25) is 0 Å². The molecule has 1 saturated heterocycles. The van der Waals surface area contributed by atoms with Gasteiger partial charge in [0.15, 0.2) is 6.20 Å². The molecule has 0 saturated carbocycles. The monoisotopic (exact) mass is 266 g/mol. The number of piperazine rings is 1. The van der Waals surface area contributed by atoms with E-state index in [1.165, 1.54) is 6.07 Å². The molecule has 0 spiro atoms. The Balaban J connectivity index is 0.000000861. The van der Waals surface area contributed by atoms with E-state index < -0.39 is 4.92 Å². The number of pyridine rings is 1. The molecular formula is C13H22N4O2. The normalized spacial score (nSPS) is 15.6. The number of nitrogens with zero attached hydrogens (tertiary/aromatic N) is 4. The fraction of sp³-hybridized carbons (Fsp3) is 0.615. The molecule has 0 aliphatic carbocycles. The average molecular weight is 266 g/mol. The lowest BCUT2D eigenvalue weighted by Crippen LogP contribution is -2.46. The molecule has 2 rings (SSSR count). The predicted molar refractivity (Wildman–Crippen MR) is 76.6 cm³/mol. The molecule has 6 heteroatoms. The van der Waals surface area contributed by atoms with E-state index in [0.717, 1.165) is 38.4 Å². The van der Waals surface area contributed by atoms with Crippen LogP contribution < -0.4 is 4.90 Å². The lowest BCUT2D eigenvalue weighted by molar-refractivity contribution is -0.389. The molecule has 1 aromatic rings. The zero-order chi connectivity index (χ0) is 14.3. The molecule has 1 aliphatic rings. The Morgan fingerprint density at radius 1 is 1.26 bits per heavy atom. The Bertz CT molecular complexity index is 386. The second-order valence-corrected chi connectivity index (χ2v) is 4.05. The van der Waals surface area contributed by atoms with Crippen molar-refractivity contribution in [3.05, 3.63) is 28.4 Å². The zero-order valence-corrected chi connectivity index (χ0v) is 11.9. The van der Waals surface area contributed by atoms with Gasteiger partial charge in [-0.15, -0.1) is 0 Å². The smallest absolute Gasteiger partial charge is 0.363 e. The minimum atomic E-state index is -0.473. The van der Waals surface area contributed by atoms with Crippen molar-refractivity contribution < 1.29 is 4.92 Å². The Kier molecular flexibility index (Phi) is 6.21. The van der Waals surface area contributed by atoms with E-state index >= 15 is 0 Å². The van der Waals surface area contributed by atoms with Crippen molar-refractivity contribution in [3.8, 4) is 0 Å². The summed E-state index contributed by atoms with van der Waals surface area (Å²) < 4.78 is 0. The van der Waals surface area contributed by atoms with Crippen molar-refractivity contribution in [1.82, 2.24) is 9.88 Å². The van der Waals surface area contributed by atoms with Gasteiger partial charge >= 0.3 is 5.82 Å². The first-order chi connectivity index (χ1) is 9.20. The van der Waals surface area contributed by atoms with Gasteiger partial charge in [-0.05, 0) is 22.5 Å². The van der Waals surface area contributed by atoms with Gasteiger partial charge in [0.1, 0.15) is 0 Å². The van der Waals surface area contributed by atoms with Crippen LogP contribution in [0.15, 0.2) is 18.3 Å². The summed E-state index contributed by atoms with van der Waals surface area (Å²) in [6.45, 7) is 11.2. The van der Waals surface area contributed by atoms with Crippen LogP contribution in [0.25, 0.3) is 0 Å². The summed E-state index contributed by atoms with van der Waals surface area (Å²) in [7, 11) is 0. The summed E-state index contributed by atoms with van der Waals surface area (Å²) in [5.41, 5.74) is 0.964. The van der Waals surface area contributed by atoms with Crippen molar-refractivity contribution in [2.45, 2.75) is 20.8 Å². The van der Waals surface area contributed by atoms with E-state index in [9.17, 15) is 10.1 Å². The van der Waals surface area contributed by atoms with Crippen molar-refractivity contribution >= 4 is 11.5 Å². The van der Waals surface area contributed by atoms with Gasteiger partial charge in [0.25, 0.3) is 0 Å². The molecule has 0 atom stereocenters.